The van der Waals surface area contributed by atoms with Crippen LogP contribution in [0.3, 0.4) is 0 Å². The summed E-state index contributed by atoms with van der Waals surface area (Å²) in [5, 5.41) is 1.31. The number of rotatable bonds is 2. The van der Waals surface area contributed by atoms with Gasteiger partial charge in [0.2, 0.25) is 5.91 Å². The molecule has 1 aliphatic heterocycles. The van der Waals surface area contributed by atoms with E-state index >= 15 is 0 Å². The van der Waals surface area contributed by atoms with Gasteiger partial charge in [-0.3, -0.25) is 4.79 Å². The first-order valence-electron chi connectivity index (χ1n) is 6.94. The Morgan fingerprint density at radius 2 is 1.77 bits per heavy atom. The van der Waals surface area contributed by atoms with Crippen LogP contribution in [-0.2, 0) is 9.53 Å². The highest BCUT2D eigenvalue weighted by Crippen LogP contribution is 2.39. The van der Waals surface area contributed by atoms with Crippen LogP contribution in [0.25, 0.3) is 0 Å². The molecule has 0 N–H and O–H groups in total. The van der Waals surface area contributed by atoms with E-state index in [1.807, 2.05) is 48.5 Å². The van der Waals surface area contributed by atoms with Crippen LogP contribution >= 0.6 is 23.2 Å². The standard InChI is InChI=1S/C17H15Cl2NO2/c1-20-15(21)10-22-17(12-3-2-4-14(19)9-12)16(20)11-5-7-13(18)8-6-11/h2-9,16-17H,10H2,1H3/t16-,17+/m1/s1. The van der Waals surface area contributed by atoms with Crippen LogP contribution in [0.5, 0.6) is 0 Å². The predicted octanol–water partition coefficient (Wildman–Crippen LogP) is 4.26. The number of morpholine rings is 1. The number of hydrogen-bond acceptors (Lipinski definition) is 2. The molecule has 3 nitrogen and oxygen atoms in total. The highest BCUT2D eigenvalue weighted by atomic mass is 35.5. The topological polar surface area (TPSA) is 29.5 Å². The van der Waals surface area contributed by atoms with E-state index < -0.39 is 0 Å². The Morgan fingerprint density at radius 3 is 2.45 bits per heavy atom. The highest BCUT2D eigenvalue weighted by Gasteiger charge is 2.36. The third-order valence-corrected chi connectivity index (χ3v) is 4.36. The Bertz CT molecular complexity index is 687. The van der Waals surface area contributed by atoms with Crippen LogP contribution in [0.4, 0.5) is 0 Å². The summed E-state index contributed by atoms with van der Waals surface area (Å²) < 4.78 is 5.82. The van der Waals surface area contributed by atoms with E-state index in [1.54, 1.807) is 11.9 Å². The summed E-state index contributed by atoms with van der Waals surface area (Å²) in [5.74, 6) is -0.0433. The van der Waals surface area contributed by atoms with Crippen LogP contribution in [0.15, 0.2) is 48.5 Å². The lowest BCUT2D eigenvalue weighted by atomic mass is 9.93. The van der Waals surface area contributed by atoms with Crippen molar-refractivity contribution in [2.45, 2.75) is 12.1 Å². The van der Waals surface area contributed by atoms with Crippen LogP contribution in [-0.4, -0.2) is 24.5 Å². The summed E-state index contributed by atoms with van der Waals surface area (Å²) in [6.07, 6.45) is -0.262. The lowest BCUT2D eigenvalue weighted by Crippen LogP contribution is -2.43. The van der Waals surface area contributed by atoms with Gasteiger partial charge < -0.3 is 9.64 Å². The van der Waals surface area contributed by atoms with Gasteiger partial charge in [-0.25, -0.2) is 0 Å². The molecule has 0 aliphatic carbocycles. The summed E-state index contributed by atoms with van der Waals surface area (Å²) in [4.78, 5) is 13.8. The molecular formula is C17H15Cl2NO2. The van der Waals surface area contributed by atoms with Crippen molar-refractivity contribution in [3.8, 4) is 0 Å². The molecule has 2 atom stereocenters. The minimum Gasteiger partial charge on any atom is -0.361 e. The Hall–Kier alpha value is -1.55. The summed E-state index contributed by atoms with van der Waals surface area (Å²) >= 11 is 12.1. The molecule has 1 saturated heterocycles. The summed E-state index contributed by atoms with van der Waals surface area (Å²) in [6, 6.07) is 14.8. The summed E-state index contributed by atoms with van der Waals surface area (Å²) in [5.41, 5.74) is 1.93. The Morgan fingerprint density at radius 1 is 1.05 bits per heavy atom. The normalized spacial score (nSPS) is 22.0. The lowest BCUT2D eigenvalue weighted by Gasteiger charge is -2.39. The second-order valence-electron chi connectivity index (χ2n) is 5.29. The number of carbonyl (C=O) groups is 1. The van der Waals surface area contributed by atoms with Crippen molar-refractivity contribution in [1.82, 2.24) is 4.90 Å². The van der Waals surface area contributed by atoms with Crippen LogP contribution in [0, 0.1) is 0 Å². The molecule has 2 aromatic rings. The van der Waals surface area contributed by atoms with Gasteiger partial charge >= 0.3 is 0 Å². The van der Waals surface area contributed by atoms with E-state index in [4.69, 9.17) is 27.9 Å². The van der Waals surface area contributed by atoms with Gasteiger partial charge in [0.25, 0.3) is 0 Å². The van der Waals surface area contributed by atoms with Crippen LogP contribution < -0.4 is 0 Å². The highest BCUT2D eigenvalue weighted by molar-refractivity contribution is 6.30. The number of benzene rings is 2. The molecule has 114 valence electrons. The van der Waals surface area contributed by atoms with Crippen molar-refractivity contribution in [1.29, 1.82) is 0 Å². The maximum atomic E-state index is 12.0. The number of nitrogens with zero attached hydrogens (tertiary/aromatic N) is 1. The third-order valence-electron chi connectivity index (χ3n) is 3.87. The largest absolute Gasteiger partial charge is 0.361 e. The minimum absolute atomic E-state index is 0.0433. The van der Waals surface area contributed by atoms with E-state index in [-0.39, 0.29) is 24.7 Å². The van der Waals surface area contributed by atoms with E-state index in [1.165, 1.54) is 0 Å². The molecule has 3 rings (SSSR count). The minimum atomic E-state index is -0.262. The molecule has 0 saturated carbocycles. The monoisotopic (exact) mass is 335 g/mol. The molecule has 0 unspecified atom stereocenters. The van der Waals surface area contributed by atoms with Gasteiger partial charge in [-0.2, -0.15) is 0 Å². The smallest absolute Gasteiger partial charge is 0.248 e. The number of ether oxygens (including phenoxy) is 1. The molecule has 1 fully saturated rings. The SMILES string of the molecule is CN1C(=O)CO[C@@H](c2cccc(Cl)c2)[C@H]1c1ccc(Cl)cc1. The molecule has 2 aromatic carbocycles. The fourth-order valence-electron chi connectivity index (χ4n) is 2.73. The molecule has 0 bridgehead atoms. The van der Waals surface area contributed by atoms with Gasteiger partial charge in [0.1, 0.15) is 12.7 Å². The zero-order valence-corrected chi connectivity index (χ0v) is 13.5. The van der Waals surface area contributed by atoms with Gasteiger partial charge in [0, 0.05) is 17.1 Å². The maximum absolute atomic E-state index is 12.0. The van der Waals surface area contributed by atoms with Crippen molar-refractivity contribution >= 4 is 29.1 Å². The summed E-state index contributed by atoms with van der Waals surface area (Å²) in [7, 11) is 1.79. The van der Waals surface area contributed by atoms with E-state index in [9.17, 15) is 4.79 Å². The van der Waals surface area contributed by atoms with Gasteiger partial charge in [-0.15, -0.1) is 0 Å². The quantitative estimate of drug-likeness (QED) is 0.820. The Balaban J connectivity index is 2.03. The number of amides is 1. The van der Waals surface area contributed by atoms with Crippen molar-refractivity contribution in [2.24, 2.45) is 0 Å². The number of likely N-dealkylation sites (N-methyl/N-ethyl adjacent to an activating group) is 1. The van der Waals surface area contributed by atoms with Crippen molar-refractivity contribution in [3.63, 3.8) is 0 Å². The molecule has 22 heavy (non-hydrogen) atoms. The van der Waals surface area contributed by atoms with Crippen molar-refractivity contribution in [3.05, 3.63) is 69.7 Å². The second-order valence-corrected chi connectivity index (χ2v) is 6.16. The Labute approximate surface area is 139 Å². The molecule has 5 heteroatoms. The average Bonchev–Trinajstić information content (AvgIpc) is 2.51. The first-order valence-corrected chi connectivity index (χ1v) is 7.70. The average molecular weight is 336 g/mol. The van der Waals surface area contributed by atoms with Crippen molar-refractivity contribution in [2.75, 3.05) is 13.7 Å². The van der Waals surface area contributed by atoms with Crippen LogP contribution in [0.2, 0.25) is 10.0 Å². The summed E-state index contributed by atoms with van der Waals surface area (Å²) in [6.45, 7) is 0.0672. The zero-order valence-electron chi connectivity index (χ0n) is 12.0. The molecule has 0 aromatic heterocycles. The van der Waals surface area contributed by atoms with E-state index in [0.717, 1.165) is 11.1 Å². The molecule has 1 aliphatic rings. The zero-order chi connectivity index (χ0) is 15.7. The van der Waals surface area contributed by atoms with E-state index in [0.29, 0.717) is 10.0 Å². The lowest BCUT2D eigenvalue weighted by molar-refractivity contribution is -0.155. The predicted molar refractivity (Wildman–Crippen MR) is 87.1 cm³/mol. The second kappa shape index (κ2) is 6.29. The molecule has 0 radical (unpaired) electrons. The fourth-order valence-corrected chi connectivity index (χ4v) is 3.06. The number of hydrogen-bond donors (Lipinski definition) is 0. The van der Waals surface area contributed by atoms with Gasteiger partial charge in [-0.1, -0.05) is 47.5 Å². The first kappa shape index (κ1) is 15.3. The van der Waals surface area contributed by atoms with Gasteiger partial charge in [-0.05, 0) is 35.4 Å². The van der Waals surface area contributed by atoms with Crippen molar-refractivity contribution < 1.29 is 9.53 Å². The molecular weight excluding hydrogens is 321 g/mol. The van der Waals surface area contributed by atoms with E-state index in [2.05, 4.69) is 0 Å². The molecule has 1 amide bonds. The van der Waals surface area contributed by atoms with Crippen LogP contribution in [0.1, 0.15) is 23.3 Å². The molecule has 1 heterocycles. The van der Waals surface area contributed by atoms with Gasteiger partial charge in [0.05, 0.1) is 6.04 Å². The Kier molecular flexibility index (Phi) is 4.39. The van der Waals surface area contributed by atoms with Gasteiger partial charge in [0.15, 0.2) is 0 Å². The third kappa shape index (κ3) is 2.98. The molecule has 0 spiro atoms. The first-order chi connectivity index (χ1) is 10.6. The number of halogens is 2. The number of carbonyl (C=O) groups excluding carboxylic acids is 1. The maximum Gasteiger partial charge on any atom is 0.248 e. The fraction of sp³-hybridized carbons (Fsp3) is 0.235.